The van der Waals surface area contributed by atoms with Gasteiger partial charge in [0.15, 0.2) is 0 Å². The molecule has 0 saturated heterocycles. The molecule has 1 heterocycles. The number of nitrogens with zero attached hydrogens (tertiary/aromatic N) is 2. The fourth-order valence-corrected chi connectivity index (χ4v) is 3.38. The lowest BCUT2D eigenvalue weighted by Crippen LogP contribution is -2.32. The van der Waals surface area contributed by atoms with Crippen LogP contribution in [0.15, 0.2) is 11.6 Å². The molecule has 1 aromatic heterocycles. The minimum Gasteiger partial charge on any atom is -0.313 e. The van der Waals surface area contributed by atoms with Crippen molar-refractivity contribution in [2.75, 3.05) is 6.54 Å². The summed E-state index contributed by atoms with van der Waals surface area (Å²) in [6.07, 6.45) is 10.9. The van der Waals surface area contributed by atoms with Crippen molar-refractivity contribution in [3.05, 3.63) is 28.1 Å². The highest BCUT2D eigenvalue weighted by Crippen LogP contribution is 2.25. The van der Waals surface area contributed by atoms with E-state index < -0.39 is 0 Å². The summed E-state index contributed by atoms with van der Waals surface area (Å²) < 4.78 is 1.78. The highest BCUT2D eigenvalue weighted by Gasteiger charge is 2.18. The topological polar surface area (TPSA) is 29.9 Å². The second-order valence-corrected chi connectivity index (χ2v) is 6.50. The van der Waals surface area contributed by atoms with E-state index in [-0.39, 0.29) is 0 Å². The van der Waals surface area contributed by atoms with Crippen LogP contribution in [0, 0.1) is 6.92 Å². The van der Waals surface area contributed by atoms with Gasteiger partial charge in [-0.3, -0.25) is 4.68 Å². The minimum absolute atomic E-state index is 0.467. The van der Waals surface area contributed by atoms with E-state index in [4.69, 9.17) is 11.6 Å². The molecule has 3 nitrogen and oxygen atoms in total. The van der Waals surface area contributed by atoms with Crippen molar-refractivity contribution in [1.29, 1.82) is 0 Å². The van der Waals surface area contributed by atoms with Gasteiger partial charge in [0.05, 0.1) is 5.69 Å². The summed E-state index contributed by atoms with van der Waals surface area (Å²) in [5.41, 5.74) is 3.88. The third kappa shape index (κ3) is 4.58. The zero-order valence-electron chi connectivity index (χ0n) is 13.6. The summed E-state index contributed by atoms with van der Waals surface area (Å²) in [5.74, 6) is 0. The summed E-state index contributed by atoms with van der Waals surface area (Å²) in [7, 11) is 1.91. The lowest BCUT2D eigenvalue weighted by molar-refractivity contribution is 0.489. The molecule has 0 saturated carbocycles. The molecule has 118 valence electrons. The molecule has 1 N–H and O–H groups in total. The molecular weight excluding hydrogens is 282 g/mol. The Morgan fingerprint density at radius 2 is 2.19 bits per heavy atom. The quantitative estimate of drug-likeness (QED) is 0.766. The molecule has 0 fully saturated rings. The summed E-state index contributed by atoms with van der Waals surface area (Å²) in [5, 5.41) is 8.91. The van der Waals surface area contributed by atoms with Crippen molar-refractivity contribution in [2.24, 2.45) is 7.05 Å². The molecule has 0 amide bonds. The fraction of sp³-hybridized carbons (Fsp3) is 0.706. The van der Waals surface area contributed by atoms with Gasteiger partial charge in [0, 0.05) is 18.7 Å². The summed E-state index contributed by atoms with van der Waals surface area (Å²) in [6, 6.07) is 0.467. The number of hydrogen-bond acceptors (Lipinski definition) is 2. The fourth-order valence-electron chi connectivity index (χ4n) is 3.12. The third-order valence-electron chi connectivity index (χ3n) is 4.30. The standard InChI is InChI=1S/C17H28ClN3/c1-4-10-19-15(11-14-8-6-5-7-9-14)12-16-13(2)20-21(3)17(16)18/h8,15,19H,4-7,9-12H2,1-3H3. The molecule has 0 bridgehead atoms. The molecule has 1 atom stereocenters. The van der Waals surface area contributed by atoms with Crippen LogP contribution < -0.4 is 5.32 Å². The number of nitrogens with one attached hydrogen (secondary N) is 1. The van der Waals surface area contributed by atoms with Crippen LogP contribution in [0.3, 0.4) is 0 Å². The predicted octanol–water partition coefficient (Wildman–Crippen LogP) is 4.18. The molecule has 1 aliphatic rings. The maximum atomic E-state index is 6.39. The minimum atomic E-state index is 0.467. The zero-order valence-corrected chi connectivity index (χ0v) is 14.3. The van der Waals surface area contributed by atoms with Crippen molar-refractivity contribution in [3.8, 4) is 0 Å². The SMILES string of the molecule is CCCNC(CC1=CCCCC1)Cc1c(C)nn(C)c1Cl. The van der Waals surface area contributed by atoms with Crippen LogP contribution in [0.5, 0.6) is 0 Å². The predicted molar refractivity (Wildman–Crippen MR) is 89.9 cm³/mol. The number of aryl methyl sites for hydroxylation is 2. The molecule has 0 aliphatic heterocycles. The normalized spacial score (nSPS) is 16.9. The van der Waals surface area contributed by atoms with E-state index in [1.165, 1.54) is 31.2 Å². The first-order valence-corrected chi connectivity index (χ1v) is 8.58. The van der Waals surface area contributed by atoms with Crippen molar-refractivity contribution >= 4 is 11.6 Å². The largest absolute Gasteiger partial charge is 0.313 e. The van der Waals surface area contributed by atoms with Crippen molar-refractivity contribution in [2.45, 2.75) is 64.8 Å². The Hall–Kier alpha value is -0.800. The number of aromatic nitrogens is 2. The van der Waals surface area contributed by atoms with Gasteiger partial charge in [0.25, 0.3) is 0 Å². The van der Waals surface area contributed by atoms with Crippen LogP contribution in [-0.2, 0) is 13.5 Å². The van der Waals surface area contributed by atoms with Crippen LogP contribution in [0.1, 0.15) is 56.7 Å². The Morgan fingerprint density at radius 3 is 2.76 bits per heavy atom. The maximum absolute atomic E-state index is 6.39. The van der Waals surface area contributed by atoms with E-state index in [0.29, 0.717) is 6.04 Å². The van der Waals surface area contributed by atoms with Gasteiger partial charge >= 0.3 is 0 Å². The number of hydrogen-bond donors (Lipinski definition) is 1. The van der Waals surface area contributed by atoms with Crippen molar-refractivity contribution < 1.29 is 0 Å². The lowest BCUT2D eigenvalue weighted by atomic mass is 9.92. The van der Waals surface area contributed by atoms with E-state index in [1.54, 1.807) is 10.3 Å². The van der Waals surface area contributed by atoms with Gasteiger partial charge in [-0.1, -0.05) is 30.2 Å². The van der Waals surface area contributed by atoms with Crippen LogP contribution in [0.2, 0.25) is 5.15 Å². The molecular formula is C17H28ClN3. The van der Waals surface area contributed by atoms with Crippen LogP contribution in [0.4, 0.5) is 0 Å². The average molecular weight is 310 g/mol. The van der Waals surface area contributed by atoms with Gasteiger partial charge < -0.3 is 5.32 Å². The van der Waals surface area contributed by atoms with Gasteiger partial charge in [0.1, 0.15) is 5.15 Å². The number of allylic oxidation sites excluding steroid dienone is 1. The molecule has 0 spiro atoms. The van der Waals surface area contributed by atoms with E-state index in [1.807, 2.05) is 7.05 Å². The van der Waals surface area contributed by atoms with E-state index in [2.05, 4.69) is 30.3 Å². The molecule has 2 rings (SSSR count). The Kier molecular flexibility index (Phi) is 6.31. The first kappa shape index (κ1) is 16.6. The summed E-state index contributed by atoms with van der Waals surface area (Å²) in [6.45, 7) is 5.33. The third-order valence-corrected chi connectivity index (χ3v) is 4.77. The molecule has 1 unspecified atom stereocenters. The van der Waals surface area contributed by atoms with E-state index in [0.717, 1.165) is 36.7 Å². The number of rotatable bonds is 7. The Balaban J connectivity index is 2.06. The second kappa shape index (κ2) is 8.00. The molecule has 1 aromatic rings. The van der Waals surface area contributed by atoms with Gasteiger partial charge in [-0.15, -0.1) is 0 Å². The number of halogens is 1. The highest BCUT2D eigenvalue weighted by molar-refractivity contribution is 6.30. The van der Waals surface area contributed by atoms with Gasteiger partial charge in [-0.2, -0.15) is 5.10 Å². The van der Waals surface area contributed by atoms with Gasteiger partial charge in [0.2, 0.25) is 0 Å². The van der Waals surface area contributed by atoms with Gasteiger partial charge in [-0.25, -0.2) is 0 Å². The highest BCUT2D eigenvalue weighted by atomic mass is 35.5. The first-order valence-electron chi connectivity index (χ1n) is 8.21. The second-order valence-electron chi connectivity index (χ2n) is 6.15. The Bertz CT molecular complexity index is 490. The van der Waals surface area contributed by atoms with Crippen LogP contribution in [0.25, 0.3) is 0 Å². The monoisotopic (exact) mass is 309 g/mol. The first-order chi connectivity index (χ1) is 10.1. The Labute approximate surface area is 133 Å². The molecule has 1 aliphatic carbocycles. The average Bonchev–Trinajstić information content (AvgIpc) is 2.72. The molecule has 21 heavy (non-hydrogen) atoms. The molecule has 4 heteroatoms. The van der Waals surface area contributed by atoms with Crippen molar-refractivity contribution in [1.82, 2.24) is 15.1 Å². The van der Waals surface area contributed by atoms with E-state index in [9.17, 15) is 0 Å². The van der Waals surface area contributed by atoms with E-state index >= 15 is 0 Å². The maximum Gasteiger partial charge on any atom is 0.130 e. The molecule has 0 radical (unpaired) electrons. The molecule has 0 aromatic carbocycles. The summed E-state index contributed by atoms with van der Waals surface area (Å²) in [4.78, 5) is 0. The lowest BCUT2D eigenvalue weighted by Gasteiger charge is -2.22. The zero-order chi connectivity index (χ0) is 15.2. The Morgan fingerprint density at radius 1 is 1.38 bits per heavy atom. The smallest absolute Gasteiger partial charge is 0.130 e. The van der Waals surface area contributed by atoms with Gasteiger partial charge in [-0.05, 0) is 58.4 Å². The summed E-state index contributed by atoms with van der Waals surface area (Å²) >= 11 is 6.39. The van der Waals surface area contributed by atoms with Crippen LogP contribution in [-0.4, -0.2) is 22.4 Å². The van der Waals surface area contributed by atoms with Crippen LogP contribution >= 0.6 is 11.6 Å². The van der Waals surface area contributed by atoms with Crippen molar-refractivity contribution in [3.63, 3.8) is 0 Å².